The van der Waals surface area contributed by atoms with E-state index in [1.807, 2.05) is 0 Å². The fourth-order valence-electron chi connectivity index (χ4n) is 5.89. The van der Waals surface area contributed by atoms with Gasteiger partial charge in [-0.3, -0.25) is 0 Å². The molecule has 3 rings (SSSR count). The van der Waals surface area contributed by atoms with Crippen molar-refractivity contribution in [1.82, 2.24) is 0 Å². The third-order valence-corrected chi connectivity index (χ3v) is 7.78. The molecule has 0 radical (unpaired) electrons. The number of ether oxygens (including phenoxy) is 1. The SMILES string of the molecule is C/C=C\C1CCC(C2CCC(COC3CCC(CC)CC3)CC2)CC1. The van der Waals surface area contributed by atoms with Crippen LogP contribution >= 0.6 is 0 Å². The molecule has 0 aromatic rings. The quantitative estimate of drug-likeness (QED) is 0.463. The first-order chi connectivity index (χ1) is 12.3. The maximum Gasteiger partial charge on any atom is 0.0575 e. The summed E-state index contributed by atoms with van der Waals surface area (Å²) in [6.07, 6.45) is 23.8. The fourth-order valence-corrected chi connectivity index (χ4v) is 5.89. The van der Waals surface area contributed by atoms with E-state index < -0.39 is 0 Å². The Kier molecular flexibility index (Phi) is 7.90. The van der Waals surface area contributed by atoms with Gasteiger partial charge in [-0.1, -0.05) is 25.5 Å². The van der Waals surface area contributed by atoms with Gasteiger partial charge in [0.1, 0.15) is 0 Å². The largest absolute Gasteiger partial charge is 0.378 e. The molecule has 0 aromatic heterocycles. The molecule has 1 nitrogen and oxygen atoms in total. The molecule has 0 saturated heterocycles. The van der Waals surface area contributed by atoms with Gasteiger partial charge in [-0.05, 0) is 114 Å². The first-order valence-corrected chi connectivity index (χ1v) is 11.5. The van der Waals surface area contributed by atoms with Crippen molar-refractivity contribution in [3.8, 4) is 0 Å². The summed E-state index contributed by atoms with van der Waals surface area (Å²) in [7, 11) is 0. The van der Waals surface area contributed by atoms with Gasteiger partial charge in [-0.25, -0.2) is 0 Å². The van der Waals surface area contributed by atoms with Crippen LogP contribution in [-0.2, 0) is 4.74 Å². The zero-order chi connectivity index (χ0) is 17.5. The molecule has 0 spiro atoms. The Morgan fingerprint density at radius 2 is 1.28 bits per heavy atom. The Labute approximate surface area is 157 Å². The molecule has 144 valence electrons. The molecule has 3 saturated carbocycles. The second-order valence-electron chi connectivity index (χ2n) is 9.37. The Bertz CT molecular complexity index is 377. The summed E-state index contributed by atoms with van der Waals surface area (Å²) in [5.41, 5.74) is 0. The second kappa shape index (κ2) is 10.1. The predicted molar refractivity (Wildman–Crippen MR) is 108 cm³/mol. The van der Waals surface area contributed by atoms with Gasteiger partial charge in [-0.15, -0.1) is 0 Å². The van der Waals surface area contributed by atoms with Crippen molar-refractivity contribution in [3.63, 3.8) is 0 Å². The van der Waals surface area contributed by atoms with Crippen LogP contribution in [0.3, 0.4) is 0 Å². The van der Waals surface area contributed by atoms with Crippen LogP contribution in [0.4, 0.5) is 0 Å². The van der Waals surface area contributed by atoms with E-state index in [0.717, 1.165) is 36.2 Å². The number of hydrogen-bond acceptors (Lipinski definition) is 1. The maximum atomic E-state index is 6.33. The van der Waals surface area contributed by atoms with Crippen molar-refractivity contribution in [1.29, 1.82) is 0 Å². The van der Waals surface area contributed by atoms with Crippen LogP contribution in [0.15, 0.2) is 12.2 Å². The standard InChI is InChI=1S/C24H42O/c1-3-5-20-6-12-22(13-7-20)23-14-8-21(9-15-23)18-25-24-16-10-19(4-2)11-17-24/h3,5,19-24H,4,6-18H2,1-2H3/b5-3-. The van der Waals surface area contributed by atoms with Gasteiger partial charge in [0.2, 0.25) is 0 Å². The second-order valence-corrected chi connectivity index (χ2v) is 9.37. The molecule has 0 heterocycles. The lowest BCUT2D eigenvalue weighted by Gasteiger charge is -2.38. The van der Waals surface area contributed by atoms with Crippen LogP contribution in [0.5, 0.6) is 0 Å². The molecule has 0 bridgehead atoms. The fraction of sp³-hybridized carbons (Fsp3) is 0.917. The Balaban J connectivity index is 1.30. The van der Waals surface area contributed by atoms with E-state index in [1.54, 1.807) is 0 Å². The van der Waals surface area contributed by atoms with Crippen LogP contribution in [0.1, 0.15) is 97.3 Å². The highest BCUT2D eigenvalue weighted by Crippen LogP contribution is 2.42. The summed E-state index contributed by atoms with van der Waals surface area (Å²) in [4.78, 5) is 0. The lowest BCUT2D eigenvalue weighted by molar-refractivity contribution is -0.0124. The summed E-state index contributed by atoms with van der Waals surface area (Å²) in [6.45, 7) is 5.57. The van der Waals surface area contributed by atoms with E-state index in [0.29, 0.717) is 6.10 Å². The Hall–Kier alpha value is -0.300. The molecule has 0 N–H and O–H groups in total. The van der Waals surface area contributed by atoms with Gasteiger partial charge in [0.05, 0.1) is 6.10 Å². The molecular formula is C24H42O. The van der Waals surface area contributed by atoms with Gasteiger partial charge in [0.15, 0.2) is 0 Å². The van der Waals surface area contributed by atoms with Crippen LogP contribution in [-0.4, -0.2) is 12.7 Å². The molecule has 25 heavy (non-hydrogen) atoms. The van der Waals surface area contributed by atoms with Crippen molar-refractivity contribution in [3.05, 3.63) is 12.2 Å². The molecule has 0 unspecified atom stereocenters. The number of allylic oxidation sites excluding steroid dienone is 2. The van der Waals surface area contributed by atoms with Crippen molar-refractivity contribution < 1.29 is 4.74 Å². The molecule has 3 fully saturated rings. The third-order valence-electron chi connectivity index (χ3n) is 7.78. The zero-order valence-electron chi connectivity index (χ0n) is 16.9. The van der Waals surface area contributed by atoms with Crippen molar-refractivity contribution in [2.24, 2.45) is 29.6 Å². The predicted octanol–water partition coefficient (Wildman–Crippen LogP) is 7.16. The monoisotopic (exact) mass is 346 g/mol. The average molecular weight is 347 g/mol. The van der Waals surface area contributed by atoms with E-state index in [9.17, 15) is 0 Å². The van der Waals surface area contributed by atoms with Crippen LogP contribution in [0, 0.1) is 29.6 Å². The van der Waals surface area contributed by atoms with E-state index >= 15 is 0 Å². The van der Waals surface area contributed by atoms with Gasteiger partial charge in [0.25, 0.3) is 0 Å². The van der Waals surface area contributed by atoms with Crippen LogP contribution in [0.25, 0.3) is 0 Å². The summed E-state index contributed by atoms with van der Waals surface area (Å²) in [5.74, 6) is 4.79. The molecule has 3 aliphatic carbocycles. The lowest BCUT2D eigenvalue weighted by atomic mass is 9.69. The van der Waals surface area contributed by atoms with Gasteiger partial charge in [0, 0.05) is 6.61 Å². The third kappa shape index (κ3) is 5.84. The molecule has 1 heteroatoms. The Morgan fingerprint density at radius 3 is 1.84 bits per heavy atom. The molecule has 0 amide bonds. The first-order valence-electron chi connectivity index (χ1n) is 11.5. The molecule has 0 atom stereocenters. The minimum absolute atomic E-state index is 0.586. The number of rotatable bonds is 6. The minimum Gasteiger partial charge on any atom is -0.378 e. The lowest BCUT2D eigenvalue weighted by Crippen LogP contribution is -2.28. The zero-order valence-corrected chi connectivity index (χ0v) is 16.9. The molecule has 3 aliphatic rings. The van der Waals surface area contributed by atoms with Crippen molar-refractivity contribution >= 4 is 0 Å². The summed E-state index contributed by atoms with van der Waals surface area (Å²) >= 11 is 0. The van der Waals surface area contributed by atoms with E-state index in [4.69, 9.17) is 4.74 Å². The highest BCUT2D eigenvalue weighted by Gasteiger charge is 2.31. The highest BCUT2D eigenvalue weighted by molar-refractivity contribution is 4.90. The van der Waals surface area contributed by atoms with Gasteiger partial charge < -0.3 is 4.74 Å². The minimum atomic E-state index is 0.586. The van der Waals surface area contributed by atoms with Crippen molar-refractivity contribution in [2.75, 3.05) is 6.61 Å². The summed E-state index contributed by atoms with van der Waals surface area (Å²) in [5, 5.41) is 0. The van der Waals surface area contributed by atoms with Crippen molar-refractivity contribution in [2.45, 2.75) is 103 Å². The van der Waals surface area contributed by atoms with Gasteiger partial charge in [-0.2, -0.15) is 0 Å². The Morgan fingerprint density at radius 1 is 0.720 bits per heavy atom. The number of hydrogen-bond donors (Lipinski definition) is 0. The normalized spacial score (nSPS) is 40.4. The van der Waals surface area contributed by atoms with E-state index in [1.165, 1.54) is 83.5 Å². The van der Waals surface area contributed by atoms with Gasteiger partial charge >= 0.3 is 0 Å². The molecule has 0 aliphatic heterocycles. The summed E-state index contributed by atoms with van der Waals surface area (Å²) in [6, 6.07) is 0. The topological polar surface area (TPSA) is 9.23 Å². The first kappa shape index (κ1) is 19.5. The molecule has 0 aromatic carbocycles. The van der Waals surface area contributed by atoms with Crippen LogP contribution < -0.4 is 0 Å². The highest BCUT2D eigenvalue weighted by atomic mass is 16.5. The smallest absolute Gasteiger partial charge is 0.0575 e. The molecular weight excluding hydrogens is 304 g/mol. The summed E-state index contributed by atoms with van der Waals surface area (Å²) < 4.78 is 6.33. The average Bonchev–Trinajstić information content (AvgIpc) is 2.68. The van der Waals surface area contributed by atoms with Crippen LogP contribution in [0.2, 0.25) is 0 Å². The van der Waals surface area contributed by atoms with E-state index in [-0.39, 0.29) is 0 Å². The van der Waals surface area contributed by atoms with E-state index in [2.05, 4.69) is 26.0 Å². The maximum absolute atomic E-state index is 6.33.